The fourth-order valence-corrected chi connectivity index (χ4v) is 5.75. The molecule has 1 aliphatic rings. The number of piperidine rings is 1. The molecule has 4 aromatic rings. The zero-order valence-electron chi connectivity index (χ0n) is 22.6. The van der Waals surface area contributed by atoms with Crippen LogP contribution in [0.3, 0.4) is 0 Å². The van der Waals surface area contributed by atoms with Crippen molar-refractivity contribution in [3.63, 3.8) is 0 Å². The van der Waals surface area contributed by atoms with E-state index in [2.05, 4.69) is 0 Å². The number of fused-ring (bicyclic) bond motifs is 1. The highest BCUT2D eigenvalue weighted by molar-refractivity contribution is 5.88. The minimum Gasteiger partial charge on any atom is -0.478 e. The van der Waals surface area contributed by atoms with Gasteiger partial charge < -0.3 is 14.8 Å². The van der Waals surface area contributed by atoms with Crippen molar-refractivity contribution in [3.05, 3.63) is 111 Å². The first-order chi connectivity index (χ1) is 19.9. The van der Waals surface area contributed by atoms with Crippen LogP contribution in [0.1, 0.15) is 39.9 Å². The minimum atomic E-state index is -5.01. The van der Waals surface area contributed by atoms with E-state index in [9.17, 15) is 33.2 Å². The number of benzene rings is 3. The number of carboxylic acids is 1. The Morgan fingerprint density at radius 1 is 0.976 bits per heavy atom. The predicted molar refractivity (Wildman–Crippen MR) is 150 cm³/mol. The maximum absolute atomic E-state index is 14.7. The van der Waals surface area contributed by atoms with E-state index in [1.165, 1.54) is 22.9 Å². The third-order valence-corrected chi connectivity index (χ3v) is 8.07. The molecule has 0 bridgehead atoms. The molecule has 1 aliphatic heterocycles. The summed E-state index contributed by atoms with van der Waals surface area (Å²) in [5.74, 6) is -0.794. The van der Waals surface area contributed by atoms with Crippen LogP contribution in [0.25, 0.3) is 10.9 Å². The number of likely N-dealkylation sites (tertiary alicyclic amines) is 1. The van der Waals surface area contributed by atoms with Crippen molar-refractivity contribution in [2.24, 2.45) is 5.92 Å². The third-order valence-electron chi connectivity index (χ3n) is 8.07. The minimum absolute atomic E-state index is 0.107. The van der Waals surface area contributed by atoms with Crippen LogP contribution in [-0.2, 0) is 18.6 Å². The summed E-state index contributed by atoms with van der Waals surface area (Å²) in [6.07, 6.45) is -1.82. The van der Waals surface area contributed by atoms with Gasteiger partial charge in [0, 0.05) is 42.4 Å². The third kappa shape index (κ3) is 6.02. The van der Waals surface area contributed by atoms with E-state index in [1.807, 2.05) is 18.2 Å². The predicted octanol–water partition coefficient (Wildman–Crippen LogP) is 6.00. The number of aromatic nitrogens is 1. The number of nitrogens with zero attached hydrogens (tertiary/aromatic N) is 3. The Morgan fingerprint density at radius 2 is 1.64 bits per heavy atom. The molecule has 1 aromatic heterocycles. The molecule has 0 aliphatic carbocycles. The molecular weight excluding hydrogens is 551 g/mol. The van der Waals surface area contributed by atoms with Crippen molar-refractivity contribution in [1.29, 1.82) is 0 Å². The van der Waals surface area contributed by atoms with Gasteiger partial charge in [0.2, 0.25) is 5.60 Å². The molecule has 1 saturated heterocycles. The summed E-state index contributed by atoms with van der Waals surface area (Å²) in [7, 11) is 0. The Kier molecular flexibility index (Phi) is 8.07. The Bertz CT molecular complexity index is 1580. The van der Waals surface area contributed by atoms with E-state index in [0.29, 0.717) is 32.4 Å². The lowest BCUT2D eigenvalue weighted by molar-refractivity contribution is -0.384. The molecule has 3 aromatic carbocycles. The number of β-amino-alcohol motifs (C(OH)–C–C–N with tert-alkyl or cyclic N) is 1. The molecule has 1 fully saturated rings. The number of halogens is 3. The van der Waals surface area contributed by atoms with Crippen molar-refractivity contribution in [2.45, 2.75) is 37.6 Å². The van der Waals surface area contributed by atoms with Gasteiger partial charge in [-0.1, -0.05) is 42.5 Å². The summed E-state index contributed by atoms with van der Waals surface area (Å²) in [4.78, 5) is 23.6. The maximum atomic E-state index is 14.7. The van der Waals surface area contributed by atoms with Gasteiger partial charge in [0.25, 0.3) is 5.69 Å². The van der Waals surface area contributed by atoms with E-state index in [4.69, 9.17) is 5.11 Å². The molecule has 0 spiro atoms. The van der Waals surface area contributed by atoms with Gasteiger partial charge in [0.05, 0.1) is 16.0 Å². The van der Waals surface area contributed by atoms with Gasteiger partial charge in [0.15, 0.2) is 0 Å². The Labute approximate surface area is 239 Å². The van der Waals surface area contributed by atoms with Gasteiger partial charge >= 0.3 is 12.1 Å². The van der Waals surface area contributed by atoms with Crippen LogP contribution in [0.2, 0.25) is 0 Å². The molecule has 5 rings (SSSR count). The number of nitro groups is 1. The van der Waals surface area contributed by atoms with Gasteiger partial charge in [-0.05, 0) is 67.6 Å². The first kappa shape index (κ1) is 29.3. The standard InChI is InChI=1S/C31H30F3N3O5/c32-31(33,34)30(40,20-35-14-12-22(13-15-35)16-21-6-8-24(9-7-21)29(38)39)27-19-36(18-23-4-2-1-3-5-23)28-17-25(37(41)42)10-11-26(27)28/h1-11,17,19,22,40H,12-16,18,20H2,(H,38,39). The number of hydrogen-bond acceptors (Lipinski definition) is 5. The number of rotatable bonds is 9. The zero-order chi connectivity index (χ0) is 30.1. The molecule has 11 heteroatoms. The van der Waals surface area contributed by atoms with Crippen LogP contribution < -0.4 is 0 Å². The number of alkyl halides is 3. The average Bonchev–Trinajstić information content (AvgIpc) is 3.32. The SMILES string of the molecule is O=C(O)c1ccc(CC2CCN(CC(O)(c3cn(Cc4ccccc4)c4cc([N+](=O)[O-])ccc34)C(F)(F)F)CC2)cc1. The second kappa shape index (κ2) is 11.6. The van der Waals surface area contributed by atoms with Crippen molar-refractivity contribution in [2.75, 3.05) is 19.6 Å². The van der Waals surface area contributed by atoms with Crippen molar-refractivity contribution < 1.29 is 33.1 Å². The molecule has 1 unspecified atom stereocenters. The maximum Gasteiger partial charge on any atom is 0.422 e. The number of nitro benzene ring substituents is 1. The molecule has 2 heterocycles. The summed E-state index contributed by atoms with van der Waals surface area (Å²) in [5.41, 5.74) is -1.61. The van der Waals surface area contributed by atoms with Gasteiger partial charge in [-0.2, -0.15) is 13.2 Å². The summed E-state index contributed by atoms with van der Waals surface area (Å²) >= 11 is 0. The highest BCUT2D eigenvalue weighted by Crippen LogP contribution is 2.44. The lowest BCUT2D eigenvalue weighted by Crippen LogP contribution is -2.52. The van der Waals surface area contributed by atoms with Gasteiger partial charge in [-0.3, -0.25) is 15.0 Å². The van der Waals surface area contributed by atoms with Crippen LogP contribution in [-0.4, -0.2) is 56.4 Å². The van der Waals surface area contributed by atoms with E-state index < -0.39 is 29.2 Å². The Hall–Kier alpha value is -4.22. The zero-order valence-corrected chi connectivity index (χ0v) is 22.6. The van der Waals surface area contributed by atoms with Crippen molar-refractivity contribution >= 4 is 22.6 Å². The number of hydrogen-bond donors (Lipinski definition) is 2. The number of carbonyl (C=O) groups is 1. The average molecular weight is 582 g/mol. The second-order valence-electron chi connectivity index (χ2n) is 10.9. The molecule has 0 amide bonds. The van der Waals surface area contributed by atoms with Crippen LogP contribution in [0.4, 0.5) is 18.9 Å². The molecule has 0 saturated carbocycles. The van der Waals surface area contributed by atoms with E-state index in [1.54, 1.807) is 41.3 Å². The van der Waals surface area contributed by atoms with E-state index in [0.717, 1.165) is 17.2 Å². The summed E-state index contributed by atoms with van der Waals surface area (Å²) in [6.45, 7) is 0.206. The van der Waals surface area contributed by atoms with E-state index >= 15 is 0 Å². The molecule has 0 radical (unpaired) electrons. The number of carboxylic acid groups (broad SMARTS) is 1. The van der Waals surface area contributed by atoms with E-state index in [-0.39, 0.29) is 40.2 Å². The normalized spacial score (nSPS) is 16.4. The molecule has 8 nitrogen and oxygen atoms in total. The highest BCUT2D eigenvalue weighted by Gasteiger charge is 2.57. The fourth-order valence-electron chi connectivity index (χ4n) is 5.75. The summed E-state index contributed by atoms with van der Waals surface area (Å²) in [5, 5.41) is 32.1. The highest BCUT2D eigenvalue weighted by atomic mass is 19.4. The largest absolute Gasteiger partial charge is 0.478 e. The molecule has 1 atom stereocenters. The van der Waals surface area contributed by atoms with Gasteiger partial charge in [-0.25, -0.2) is 4.79 Å². The van der Waals surface area contributed by atoms with Gasteiger partial charge in [0.1, 0.15) is 0 Å². The Morgan fingerprint density at radius 3 is 2.24 bits per heavy atom. The van der Waals surface area contributed by atoms with Gasteiger partial charge in [-0.15, -0.1) is 0 Å². The summed E-state index contributed by atoms with van der Waals surface area (Å²) in [6, 6.07) is 19.3. The fraction of sp³-hybridized carbons (Fsp3) is 0.323. The quantitative estimate of drug-likeness (QED) is 0.185. The number of non-ortho nitro benzene ring substituents is 1. The molecule has 2 N–H and O–H groups in total. The van der Waals surface area contributed by atoms with Crippen molar-refractivity contribution in [3.8, 4) is 0 Å². The topological polar surface area (TPSA) is 109 Å². The van der Waals surface area contributed by atoms with Crippen LogP contribution in [0.15, 0.2) is 79.0 Å². The van der Waals surface area contributed by atoms with Crippen LogP contribution in [0.5, 0.6) is 0 Å². The summed E-state index contributed by atoms with van der Waals surface area (Å²) < 4.78 is 45.7. The first-order valence-corrected chi connectivity index (χ1v) is 13.6. The van der Waals surface area contributed by atoms with Crippen LogP contribution in [0, 0.1) is 16.0 Å². The molecular formula is C31H30F3N3O5. The monoisotopic (exact) mass is 581 g/mol. The number of aromatic carboxylic acids is 1. The lowest BCUT2D eigenvalue weighted by Gasteiger charge is -2.39. The van der Waals surface area contributed by atoms with Crippen molar-refractivity contribution in [1.82, 2.24) is 9.47 Å². The first-order valence-electron chi connectivity index (χ1n) is 13.6. The number of aliphatic hydroxyl groups is 1. The lowest BCUT2D eigenvalue weighted by atomic mass is 9.87. The smallest absolute Gasteiger partial charge is 0.422 e. The molecule has 42 heavy (non-hydrogen) atoms. The van der Waals surface area contributed by atoms with Crippen LogP contribution >= 0.6 is 0 Å². The second-order valence-corrected chi connectivity index (χ2v) is 10.9. The Balaban J connectivity index is 1.40. The molecule has 220 valence electrons.